The molecule has 4 nitrogen and oxygen atoms in total. The van der Waals surface area contributed by atoms with Crippen molar-refractivity contribution >= 4 is 5.97 Å². The van der Waals surface area contributed by atoms with Crippen LogP contribution in [0.5, 0.6) is 0 Å². The molecule has 0 heterocycles. The Morgan fingerprint density at radius 3 is 1.62 bits per heavy atom. The molecule has 5 unspecified atom stereocenters. The van der Waals surface area contributed by atoms with Crippen LogP contribution in [0.2, 0.25) is 0 Å². The topological polar surface area (TPSA) is 66.8 Å². The third-order valence-corrected chi connectivity index (χ3v) is 8.91. The van der Waals surface area contributed by atoms with E-state index in [1.165, 1.54) is 5.56 Å². The maximum absolute atomic E-state index is 11.8. The minimum Gasteiger partial charge on any atom is -0.481 e. The van der Waals surface area contributed by atoms with Crippen LogP contribution >= 0.6 is 0 Å². The van der Waals surface area contributed by atoms with Gasteiger partial charge in [0.1, 0.15) is 0 Å². The van der Waals surface area contributed by atoms with Crippen molar-refractivity contribution in [2.75, 3.05) is 7.11 Å². The fraction of sp³-hybridized carbons (Fsp3) is 0.606. The Balaban J connectivity index is 1.70. The Hall–Kier alpha value is -2.17. The maximum atomic E-state index is 11.8. The molecule has 0 amide bonds. The molecular weight excluding hydrogens is 460 g/mol. The summed E-state index contributed by atoms with van der Waals surface area (Å²) in [5.41, 5.74) is 2.01. The van der Waals surface area contributed by atoms with E-state index < -0.39 is 11.9 Å². The minimum absolute atomic E-state index is 0.0129. The first-order valence-corrected chi connectivity index (χ1v) is 14.2. The highest BCUT2D eigenvalue weighted by Gasteiger charge is 2.37. The number of aliphatic carboxylic acids is 1. The summed E-state index contributed by atoms with van der Waals surface area (Å²) in [6.45, 7) is 8.34. The molecule has 0 spiro atoms. The van der Waals surface area contributed by atoms with Crippen molar-refractivity contribution in [2.45, 2.75) is 115 Å². The van der Waals surface area contributed by atoms with Crippen LogP contribution in [0.15, 0.2) is 60.7 Å². The van der Waals surface area contributed by atoms with Crippen molar-refractivity contribution in [3.63, 3.8) is 0 Å². The van der Waals surface area contributed by atoms with Gasteiger partial charge in [-0.25, -0.2) is 0 Å². The molecule has 0 radical (unpaired) electrons. The predicted octanol–water partition coefficient (Wildman–Crippen LogP) is 7.92. The SMILES string of the molecule is COC(C)C(C)(CCCCCC(O)CCCCCC(C)(c1ccccc1)C(C)C(=O)O)c1ccccc1. The number of aliphatic hydroxyl groups excluding tert-OH is 1. The number of hydrogen-bond donors (Lipinski definition) is 2. The van der Waals surface area contributed by atoms with Gasteiger partial charge in [0.25, 0.3) is 0 Å². The number of carboxylic acid groups (broad SMARTS) is 1. The molecule has 2 N–H and O–H groups in total. The molecule has 0 aliphatic carbocycles. The van der Waals surface area contributed by atoms with Gasteiger partial charge in [0.15, 0.2) is 0 Å². The summed E-state index contributed by atoms with van der Waals surface area (Å²) in [6, 6.07) is 20.7. The molecule has 0 saturated heterocycles. The van der Waals surface area contributed by atoms with E-state index in [4.69, 9.17) is 4.74 Å². The summed E-state index contributed by atoms with van der Waals surface area (Å²) in [6.07, 6.45) is 9.67. The molecule has 2 aromatic rings. The third kappa shape index (κ3) is 8.97. The van der Waals surface area contributed by atoms with Crippen molar-refractivity contribution in [3.05, 3.63) is 71.8 Å². The summed E-state index contributed by atoms with van der Waals surface area (Å²) < 4.78 is 5.73. The zero-order valence-corrected chi connectivity index (χ0v) is 23.8. The van der Waals surface area contributed by atoms with Crippen LogP contribution in [0, 0.1) is 5.92 Å². The van der Waals surface area contributed by atoms with E-state index in [-0.39, 0.29) is 23.0 Å². The highest BCUT2D eigenvalue weighted by molar-refractivity contribution is 5.72. The lowest BCUT2D eigenvalue weighted by Crippen LogP contribution is -2.36. The second-order valence-corrected chi connectivity index (χ2v) is 11.4. The molecule has 37 heavy (non-hydrogen) atoms. The monoisotopic (exact) mass is 510 g/mol. The lowest BCUT2D eigenvalue weighted by Gasteiger charge is -2.35. The summed E-state index contributed by atoms with van der Waals surface area (Å²) >= 11 is 0. The minimum atomic E-state index is -0.748. The van der Waals surface area contributed by atoms with Gasteiger partial charge in [0.05, 0.1) is 18.1 Å². The van der Waals surface area contributed by atoms with Crippen molar-refractivity contribution in [3.8, 4) is 0 Å². The number of carbonyl (C=O) groups is 1. The first kappa shape index (κ1) is 31.1. The third-order valence-electron chi connectivity index (χ3n) is 8.91. The highest BCUT2D eigenvalue weighted by atomic mass is 16.5. The van der Waals surface area contributed by atoms with Crippen molar-refractivity contribution in [1.82, 2.24) is 0 Å². The van der Waals surface area contributed by atoms with Gasteiger partial charge in [-0.05, 0) is 43.7 Å². The Morgan fingerprint density at radius 1 is 0.757 bits per heavy atom. The number of ether oxygens (including phenoxy) is 1. The van der Waals surface area contributed by atoms with Gasteiger partial charge in [-0.1, -0.05) is 120 Å². The van der Waals surface area contributed by atoms with Gasteiger partial charge >= 0.3 is 5.97 Å². The van der Waals surface area contributed by atoms with Crippen molar-refractivity contribution < 1.29 is 19.7 Å². The summed E-state index contributed by atoms with van der Waals surface area (Å²) in [5, 5.41) is 20.2. The Bertz CT molecular complexity index is 899. The van der Waals surface area contributed by atoms with Crippen LogP contribution in [-0.4, -0.2) is 35.5 Å². The smallest absolute Gasteiger partial charge is 0.307 e. The summed E-state index contributed by atoms with van der Waals surface area (Å²) in [5.74, 6) is -1.20. The van der Waals surface area contributed by atoms with Crippen molar-refractivity contribution in [2.24, 2.45) is 5.92 Å². The molecule has 2 rings (SSSR count). The van der Waals surface area contributed by atoms with Gasteiger partial charge in [-0.2, -0.15) is 0 Å². The average molecular weight is 511 g/mol. The fourth-order valence-electron chi connectivity index (χ4n) is 5.61. The average Bonchev–Trinajstić information content (AvgIpc) is 2.92. The molecule has 0 saturated carbocycles. The summed E-state index contributed by atoms with van der Waals surface area (Å²) in [7, 11) is 1.79. The lowest BCUT2D eigenvalue weighted by molar-refractivity contribution is -0.143. The first-order chi connectivity index (χ1) is 17.6. The standard InChI is InChI=1S/C33H50O4/c1-26(31(35)36)32(3,28-18-10-6-11-19-28)24-16-8-14-22-30(34)23-15-9-17-25-33(4,27(2)37-5)29-20-12-7-13-21-29/h6-7,10-13,18-21,26-27,30,34H,8-9,14-17,22-25H2,1-5H3,(H,35,36). The predicted molar refractivity (Wildman–Crippen MR) is 153 cm³/mol. The largest absolute Gasteiger partial charge is 0.481 e. The molecule has 0 aliphatic heterocycles. The number of aliphatic hydroxyl groups is 1. The lowest BCUT2D eigenvalue weighted by atomic mass is 9.69. The number of rotatable bonds is 18. The van der Waals surface area contributed by atoms with Crippen LogP contribution in [0.4, 0.5) is 0 Å². The van der Waals surface area contributed by atoms with E-state index in [9.17, 15) is 15.0 Å². The zero-order valence-electron chi connectivity index (χ0n) is 23.8. The first-order valence-electron chi connectivity index (χ1n) is 14.2. The molecule has 0 aromatic heterocycles. The second-order valence-electron chi connectivity index (χ2n) is 11.4. The van der Waals surface area contributed by atoms with Crippen molar-refractivity contribution in [1.29, 1.82) is 0 Å². The van der Waals surface area contributed by atoms with Crippen LogP contribution in [-0.2, 0) is 20.4 Å². The van der Waals surface area contributed by atoms with Gasteiger partial charge < -0.3 is 14.9 Å². The van der Waals surface area contributed by atoms with Gasteiger partial charge in [-0.3, -0.25) is 4.79 Å². The second kappa shape index (κ2) is 15.3. The Morgan fingerprint density at radius 2 is 1.19 bits per heavy atom. The molecule has 0 bridgehead atoms. The Kier molecular flexibility index (Phi) is 12.8. The van der Waals surface area contributed by atoms with Crippen LogP contribution in [0.3, 0.4) is 0 Å². The summed E-state index contributed by atoms with van der Waals surface area (Å²) in [4.78, 5) is 11.8. The molecular formula is C33H50O4. The van der Waals surface area contributed by atoms with E-state index in [0.29, 0.717) is 0 Å². The van der Waals surface area contributed by atoms with E-state index in [1.807, 2.05) is 37.3 Å². The normalized spacial score (nSPS) is 17.4. The maximum Gasteiger partial charge on any atom is 0.307 e. The number of carboxylic acids is 1. The molecule has 4 heteroatoms. The van der Waals surface area contributed by atoms with E-state index in [2.05, 4.69) is 51.1 Å². The molecule has 0 fully saturated rings. The molecule has 2 aromatic carbocycles. The van der Waals surface area contributed by atoms with Crippen LogP contribution in [0.1, 0.15) is 103 Å². The van der Waals surface area contributed by atoms with Gasteiger partial charge in [-0.15, -0.1) is 0 Å². The zero-order chi connectivity index (χ0) is 27.3. The van der Waals surface area contributed by atoms with Crippen LogP contribution in [0.25, 0.3) is 0 Å². The van der Waals surface area contributed by atoms with E-state index in [1.54, 1.807) is 7.11 Å². The quantitative estimate of drug-likeness (QED) is 0.200. The van der Waals surface area contributed by atoms with E-state index in [0.717, 1.165) is 69.8 Å². The molecule has 206 valence electrons. The molecule has 0 aliphatic rings. The Labute approximate surface area is 225 Å². The number of methoxy groups -OCH3 is 1. The van der Waals surface area contributed by atoms with Gasteiger partial charge in [0, 0.05) is 17.9 Å². The number of unbranched alkanes of at least 4 members (excludes halogenated alkanes) is 4. The highest BCUT2D eigenvalue weighted by Crippen LogP contribution is 2.38. The van der Waals surface area contributed by atoms with Gasteiger partial charge in [0.2, 0.25) is 0 Å². The fourth-order valence-corrected chi connectivity index (χ4v) is 5.61. The number of benzene rings is 2. The number of hydrogen-bond acceptors (Lipinski definition) is 3. The van der Waals surface area contributed by atoms with Crippen LogP contribution < -0.4 is 0 Å². The van der Waals surface area contributed by atoms with E-state index >= 15 is 0 Å². The molecule has 5 atom stereocenters.